The number of rotatable bonds is 5. The van der Waals surface area contributed by atoms with Crippen LogP contribution in [0.4, 0.5) is 0 Å². The molecule has 0 aliphatic rings. The van der Waals surface area contributed by atoms with E-state index in [-0.39, 0.29) is 0 Å². The second kappa shape index (κ2) is 7.19. The number of nitrogens with zero attached hydrogens (tertiary/aromatic N) is 2. The summed E-state index contributed by atoms with van der Waals surface area (Å²) in [7, 11) is 1.67. The molecule has 1 aromatic heterocycles. The first-order chi connectivity index (χ1) is 11.2. The van der Waals surface area contributed by atoms with E-state index in [9.17, 15) is 0 Å². The molecule has 0 atom stereocenters. The Morgan fingerprint density at radius 1 is 1.13 bits per heavy atom. The van der Waals surface area contributed by atoms with Crippen LogP contribution in [0.1, 0.15) is 11.1 Å². The number of thioether (sulfide) groups is 1. The highest BCUT2D eigenvalue weighted by molar-refractivity contribution is 9.10. The average Bonchev–Trinajstić information content (AvgIpc) is 3.03. The van der Waals surface area contributed by atoms with Gasteiger partial charge in [0.2, 0.25) is 5.89 Å². The molecule has 0 unspecified atom stereocenters. The van der Waals surface area contributed by atoms with E-state index in [1.807, 2.05) is 49.4 Å². The highest BCUT2D eigenvalue weighted by Gasteiger charge is 2.11. The third-order valence-corrected chi connectivity index (χ3v) is 4.66. The van der Waals surface area contributed by atoms with Crippen LogP contribution in [0.5, 0.6) is 5.75 Å². The Hall–Kier alpha value is -1.79. The quantitative estimate of drug-likeness (QED) is 0.566. The molecular formula is C17H15BrN2O2S. The lowest BCUT2D eigenvalue weighted by Crippen LogP contribution is -1.90. The van der Waals surface area contributed by atoms with Crippen LogP contribution >= 0.6 is 27.7 Å². The monoisotopic (exact) mass is 390 g/mol. The highest BCUT2D eigenvalue weighted by Crippen LogP contribution is 2.31. The van der Waals surface area contributed by atoms with Gasteiger partial charge in [-0.2, -0.15) is 0 Å². The van der Waals surface area contributed by atoms with Crippen LogP contribution in [0.2, 0.25) is 0 Å². The molecule has 0 aliphatic carbocycles. The summed E-state index contributed by atoms with van der Waals surface area (Å²) in [5.41, 5.74) is 3.20. The van der Waals surface area contributed by atoms with Crippen LogP contribution < -0.4 is 4.74 Å². The van der Waals surface area contributed by atoms with Crippen molar-refractivity contribution in [2.45, 2.75) is 17.9 Å². The first-order valence-corrected chi connectivity index (χ1v) is 8.79. The maximum Gasteiger partial charge on any atom is 0.277 e. The van der Waals surface area contributed by atoms with E-state index in [2.05, 4.69) is 26.1 Å². The number of aromatic nitrogens is 2. The van der Waals surface area contributed by atoms with Crippen molar-refractivity contribution in [1.29, 1.82) is 0 Å². The highest BCUT2D eigenvalue weighted by atomic mass is 79.9. The summed E-state index contributed by atoms with van der Waals surface area (Å²) in [6.07, 6.45) is 0. The zero-order chi connectivity index (χ0) is 16.2. The molecule has 0 saturated heterocycles. The lowest BCUT2D eigenvalue weighted by Gasteiger charge is -2.07. The van der Waals surface area contributed by atoms with Crippen molar-refractivity contribution >= 4 is 27.7 Å². The molecule has 23 heavy (non-hydrogen) atoms. The Labute approximate surface area is 147 Å². The van der Waals surface area contributed by atoms with Crippen molar-refractivity contribution in [2.75, 3.05) is 7.11 Å². The topological polar surface area (TPSA) is 48.2 Å². The number of hydrogen-bond donors (Lipinski definition) is 0. The van der Waals surface area contributed by atoms with E-state index in [0.29, 0.717) is 16.9 Å². The molecule has 4 nitrogen and oxygen atoms in total. The van der Waals surface area contributed by atoms with Crippen LogP contribution in [0.3, 0.4) is 0 Å². The van der Waals surface area contributed by atoms with Crippen molar-refractivity contribution in [2.24, 2.45) is 0 Å². The SMILES string of the molecule is COc1ccc(Br)cc1CSc1nnc(-c2ccc(C)cc2)o1. The summed E-state index contributed by atoms with van der Waals surface area (Å²) in [6.45, 7) is 2.05. The minimum Gasteiger partial charge on any atom is -0.496 e. The Morgan fingerprint density at radius 3 is 2.65 bits per heavy atom. The van der Waals surface area contributed by atoms with E-state index in [0.717, 1.165) is 21.3 Å². The van der Waals surface area contributed by atoms with Gasteiger partial charge in [0, 0.05) is 21.4 Å². The van der Waals surface area contributed by atoms with E-state index in [1.54, 1.807) is 7.11 Å². The van der Waals surface area contributed by atoms with Gasteiger partial charge in [-0.15, -0.1) is 10.2 Å². The second-order valence-corrected chi connectivity index (χ2v) is 6.83. The smallest absolute Gasteiger partial charge is 0.277 e. The van der Waals surface area contributed by atoms with Crippen LogP contribution in [0, 0.1) is 6.92 Å². The van der Waals surface area contributed by atoms with Crippen molar-refractivity contribution in [3.63, 3.8) is 0 Å². The Balaban J connectivity index is 1.72. The number of benzene rings is 2. The summed E-state index contributed by atoms with van der Waals surface area (Å²) < 4.78 is 12.1. The maximum atomic E-state index is 5.72. The molecule has 3 aromatic rings. The maximum absolute atomic E-state index is 5.72. The minimum atomic E-state index is 0.536. The minimum absolute atomic E-state index is 0.536. The molecule has 0 spiro atoms. The van der Waals surface area contributed by atoms with Crippen LogP contribution in [-0.4, -0.2) is 17.3 Å². The standard InChI is InChI=1S/C17H15BrN2O2S/c1-11-3-5-12(6-4-11)16-19-20-17(22-16)23-10-13-9-14(18)7-8-15(13)21-2/h3-9H,10H2,1-2H3. The zero-order valence-electron chi connectivity index (χ0n) is 12.7. The molecule has 0 aliphatic heterocycles. The van der Waals surface area contributed by atoms with Crippen LogP contribution in [0.25, 0.3) is 11.5 Å². The first-order valence-electron chi connectivity index (χ1n) is 7.01. The van der Waals surface area contributed by atoms with E-state index < -0.39 is 0 Å². The van der Waals surface area contributed by atoms with Gasteiger partial charge in [0.05, 0.1) is 7.11 Å². The summed E-state index contributed by atoms with van der Waals surface area (Å²) in [5.74, 6) is 2.07. The van der Waals surface area contributed by atoms with Crippen molar-refractivity contribution in [1.82, 2.24) is 10.2 Å². The first kappa shape index (κ1) is 16.1. The van der Waals surface area contributed by atoms with E-state index in [4.69, 9.17) is 9.15 Å². The fraction of sp³-hybridized carbons (Fsp3) is 0.176. The van der Waals surface area contributed by atoms with Gasteiger partial charge in [0.1, 0.15) is 5.75 Å². The third-order valence-electron chi connectivity index (χ3n) is 3.30. The average molecular weight is 391 g/mol. The summed E-state index contributed by atoms with van der Waals surface area (Å²) in [5, 5.41) is 8.76. The van der Waals surface area contributed by atoms with Gasteiger partial charge in [-0.3, -0.25) is 0 Å². The van der Waals surface area contributed by atoms with Crippen LogP contribution in [-0.2, 0) is 5.75 Å². The molecule has 0 N–H and O–H groups in total. The summed E-state index contributed by atoms with van der Waals surface area (Å²) in [6, 6.07) is 13.9. The Kier molecular flexibility index (Phi) is 5.03. The molecule has 0 bridgehead atoms. The van der Waals surface area contributed by atoms with Gasteiger partial charge >= 0.3 is 0 Å². The van der Waals surface area contributed by atoms with E-state index in [1.165, 1.54) is 17.3 Å². The number of aryl methyl sites for hydroxylation is 1. The largest absolute Gasteiger partial charge is 0.496 e. The normalized spacial score (nSPS) is 10.7. The summed E-state index contributed by atoms with van der Waals surface area (Å²) >= 11 is 4.97. The van der Waals surface area contributed by atoms with Gasteiger partial charge in [-0.25, -0.2) is 0 Å². The zero-order valence-corrected chi connectivity index (χ0v) is 15.1. The molecule has 0 saturated carbocycles. The number of ether oxygens (including phenoxy) is 1. The fourth-order valence-corrected chi connectivity index (χ4v) is 3.23. The van der Waals surface area contributed by atoms with Crippen molar-refractivity contribution < 1.29 is 9.15 Å². The number of halogens is 1. The van der Waals surface area contributed by atoms with Gasteiger partial charge < -0.3 is 9.15 Å². The molecule has 3 rings (SSSR count). The summed E-state index contributed by atoms with van der Waals surface area (Å²) in [4.78, 5) is 0. The Morgan fingerprint density at radius 2 is 1.91 bits per heavy atom. The lowest BCUT2D eigenvalue weighted by molar-refractivity contribution is 0.411. The van der Waals surface area contributed by atoms with Crippen LogP contribution in [0.15, 0.2) is 56.6 Å². The van der Waals surface area contributed by atoms with Crippen molar-refractivity contribution in [3.8, 4) is 17.2 Å². The van der Waals surface area contributed by atoms with E-state index >= 15 is 0 Å². The Bertz CT molecular complexity index is 803. The van der Waals surface area contributed by atoms with Gasteiger partial charge in [-0.1, -0.05) is 45.4 Å². The molecule has 6 heteroatoms. The molecule has 0 fully saturated rings. The van der Waals surface area contributed by atoms with Gasteiger partial charge in [-0.05, 0) is 37.3 Å². The third kappa shape index (κ3) is 3.95. The molecule has 0 amide bonds. The lowest BCUT2D eigenvalue weighted by atomic mass is 10.1. The van der Waals surface area contributed by atoms with Crippen molar-refractivity contribution in [3.05, 3.63) is 58.1 Å². The van der Waals surface area contributed by atoms with Gasteiger partial charge in [0.25, 0.3) is 5.22 Å². The number of hydrogen-bond acceptors (Lipinski definition) is 5. The molecular weight excluding hydrogens is 376 g/mol. The molecule has 2 aromatic carbocycles. The molecule has 0 radical (unpaired) electrons. The predicted molar refractivity (Wildman–Crippen MR) is 94.7 cm³/mol. The second-order valence-electron chi connectivity index (χ2n) is 4.98. The predicted octanol–water partition coefficient (Wildman–Crippen LogP) is 5.11. The molecule has 1 heterocycles. The number of methoxy groups -OCH3 is 1. The van der Waals surface area contributed by atoms with Gasteiger partial charge in [0.15, 0.2) is 0 Å². The fourth-order valence-electron chi connectivity index (χ4n) is 2.08. The molecule has 118 valence electrons.